The fraction of sp³-hybridized carbons (Fsp3) is 0.458. The van der Waals surface area contributed by atoms with E-state index in [-0.39, 0.29) is 40.3 Å². The van der Waals surface area contributed by atoms with Crippen LogP contribution in [0.5, 0.6) is 0 Å². The highest BCUT2D eigenvalue weighted by molar-refractivity contribution is 5.89. The first-order valence-electron chi connectivity index (χ1n) is 11.2. The van der Waals surface area contributed by atoms with Crippen LogP contribution in [-0.2, 0) is 5.41 Å². The number of nitrogens with zero attached hydrogens (tertiary/aromatic N) is 5. The van der Waals surface area contributed by atoms with Crippen molar-refractivity contribution in [2.24, 2.45) is 11.8 Å². The summed E-state index contributed by atoms with van der Waals surface area (Å²) >= 11 is 0. The van der Waals surface area contributed by atoms with Crippen LogP contribution in [0.3, 0.4) is 0 Å². The minimum Gasteiger partial charge on any atom is -0.417 e. The summed E-state index contributed by atoms with van der Waals surface area (Å²) in [6.07, 6.45) is 0.872. The highest BCUT2D eigenvalue weighted by Crippen LogP contribution is 2.63. The van der Waals surface area contributed by atoms with Gasteiger partial charge in [-0.25, -0.2) is 8.78 Å². The average Bonchev–Trinajstić information content (AvgIpc) is 3.24. The summed E-state index contributed by atoms with van der Waals surface area (Å²) in [6.45, 7) is 8.74. The quantitative estimate of drug-likeness (QED) is 0.573. The van der Waals surface area contributed by atoms with E-state index < -0.39 is 11.6 Å². The van der Waals surface area contributed by atoms with Gasteiger partial charge >= 0.3 is 11.8 Å². The Kier molecular flexibility index (Phi) is 5.02. The lowest BCUT2D eigenvalue weighted by Crippen LogP contribution is -2.62. The number of carbonyl (C=O) groups excluding carboxylic acids is 1. The molecule has 0 spiro atoms. The molecule has 3 aliphatic carbocycles. The van der Waals surface area contributed by atoms with Gasteiger partial charge in [-0.1, -0.05) is 19.9 Å². The number of aromatic nitrogens is 4. The SMILES string of the molecule is CCN(C[C@@]12CC(C1C)[C@H](C)c1cc(-c3c(F)cccc3F)nnc12)C(=O)c1nnc(C)o1. The van der Waals surface area contributed by atoms with E-state index in [4.69, 9.17) is 4.42 Å². The Morgan fingerprint density at radius 2 is 1.91 bits per heavy atom. The third-order valence-electron chi connectivity index (χ3n) is 7.61. The molecular formula is C24H25F2N5O2. The second-order valence-corrected chi connectivity index (χ2v) is 9.18. The second-order valence-electron chi connectivity index (χ2n) is 9.18. The van der Waals surface area contributed by atoms with Gasteiger partial charge < -0.3 is 9.32 Å². The van der Waals surface area contributed by atoms with Crippen LogP contribution in [0.25, 0.3) is 11.3 Å². The van der Waals surface area contributed by atoms with Crippen molar-refractivity contribution in [2.75, 3.05) is 13.1 Å². The molecule has 2 aromatic heterocycles. The topological polar surface area (TPSA) is 85.0 Å². The van der Waals surface area contributed by atoms with Crippen LogP contribution in [0, 0.1) is 30.4 Å². The first-order chi connectivity index (χ1) is 15.8. The number of amides is 1. The number of rotatable bonds is 5. The van der Waals surface area contributed by atoms with Gasteiger partial charge in [0, 0.05) is 25.4 Å². The Labute approximate surface area is 190 Å². The summed E-state index contributed by atoms with van der Waals surface area (Å²) in [5.41, 5.74) is 1.38. The molecule has 0 radical (unpaired) electrons. The normalized spacial score (nSPS) is 25.3. The Morgan fingerprint density at radius 3 is 2.52 bits per heavy atom. The van der Waals surface area contributed by atoms with Crippen LogP contribution in [0.4, 0.5) is 8.78 Å². The van der Waals surface area contributed by atoms with Crippen molar-refractivity contribution in [3.05, 3.63) is 58.9 Å². The van der Waals surface area contributed by atoms with Crippen LogP contribution in [0.1, 0.15) is 60.9 Å². The maximum atomic E-state index is 14.4. The molecule has 172 valence electrons. The van der Waals surface area contributed by atoms with E-state index in [9.17, 15) is 13.6 Å². The minimum absolute atomic E-state index is 0.0323. The van der Waals surface area contributed by atoms with Crippen LogP contribution in [0.15, 0.2) is 28.7 Å². The number of aryl methyl sites for hydroxylation is 1. The lowest BCUT2D eigenvalue weighted by molar-refractivity contribution is -0.0193. The van der Waals surface area contributed by atoms with E-state index in [1.165, 1.54) is 18.2 Å². The van der Waals surface area contributed by atoms with Gasteiger partial charge in [-0.05, 0) is 54.9 Å². The number of hydrogen-bond acceptors (Lipinski definition) is 6. The van der Waals surface area contributed by atoms with Gasteiger partial charge in [-0.2, -0.15) is 10.2 Å². The monoisotopic (exact) mass is 453 g/mol. The molecule has 1 amide bonds. The van der Waals surface area contributed by atoms with E-state index in [2.05, 4.69) is 34.2 Å². The zero-order valence-electron chi connectivity index (χ0n) is 19.0. The lowest BCUT2D eigenvalue weighted by atomic mass is 9.44. The fourth-order valence-electron chi connectivity index (χ4n) is 5.66. The molecule has 2 bridgehead atoms. The molecule has 6 rings (SSSR count). The zero-order chi connectivity index (χ0) is 23.5. The van der Waals surface area contributed by atoms with Gasteiger partial charge in [0.15, 0.2) is 0 Å². The Hall–Kier alpha value is -3.23. The molecule has 33 heavy (non-hydrogen) atoms. The smallest absolute Gasteiger partial charge is 0.311 e. The minimum atomic E-state index is -0.668. The van der Waals surface area contributed by atoms with Gasteiger partial charge in [0.25, 0.3) is 0 Å². The fourth-order valence-corrected chi connectivity index (χ4v) is 5.66. The molecule has 3 aliphatic rings. The molecule has 1 fully saturated rings. The second kappa shape index (κ2) is 7.67. The predicted molar refractivity (Wildman–Crippen MR) is 115 cm³/mol. The van der Waals surface area contributed by atoms with E-state index >= 15 is 0 Å². The van der Waals surface area contributed by atoms with Crippen molar-refractivity contribution >= 4 is 5.91 Å². The molecule has 4 atom stereocenters. The summed E-state index contributed by atoms with van der Waals surface area (Å²) in [5, 5.41) is 16.4. The van der Waals surface area contributed by atoms with Gasteiger partial charge in [0.1, 0.15) is 11.6 Å². The molecule has 7 nitrogen and oxygen atoms in total. The van der Waals surface area contributed by atoms with E-state index in [0.717, 1.165) is 17.7 Å². The Bertz CT molecular complexity index is 1230. The first-order valence-corrected chi connectivity index (χ1v) is 11.2. The highest BCUT2D eigenvalue weighted by Gasteiger charge is 2.61. The van der Waals surface area contributed by atoms with Crippen molar-refractivity contribution in [3.63, 3.8) is 0 Å². The molecule has 2 unspecified atom stereocenters. The van der Waals surface area contributed by atoms with Crippen LogP contribution < -0.4 is 0 Å². The molecule has 3 aromatic rings. The number of hydrogen-bond donors (Lipinski definition) is 0. The molecule has 1 saturated carbocycles. The molecular weight excluding hydrogens is 428 g/mol. The van der Waals surface area contributed by atoms with Crippen molar-refractivity contribution < 1.29 is 18.0 Å². The third-order valence-corrected chi connectivity index (χ3v) is 7.61. The first kappa shape index (κ1) is 21.6. The summed E-state index contributed by atoms with van der Waals surface area (Å²) in [6, 6.07) is 5.53. The van der Waals surface area contributed by atoms with Crippen LogP contribution in [-0.4, -0.2) is 44.3 Å². The number of benzene rings is 1. The Balaban J connectivity index is 1.54. The molecule has 9 heteroatoms. The average molecular weight is 453 g/mol. The number of carbonyl (C=O) groups is 1. The Morgan fingerprint density at radius 1 is 1.18 bits per heavy atom. The highest BCUT2D eigenvalue weighted by atomic mass is 19.1. The van der Waals surface area contributed by atoms with E-state index in [0.29, 0.717) is 24.9 Å². The van der Waals surface area contributed by atoms with Crippen LogP contribution >= 0.6 is 0 Å². The lowest BCUT2D eigenvalue weighted by Gasteiger charge is -2.61. The molecule has 1 aromatic carbocycles. The van der Waals surface area contributed by atoms with Gasteiger partial charge in [0.2, 0.25) is 5.89 Å². The maximum absolute atomic E-state index is 14.4. The van der Waals surface area contributed by atoms with E-state index in [1.54, 1.807) is 17.9 Å². The van der Waals surface area contributed by atoms with Gasteiger partial charge in [-0.15, -0.1) is 10.2 Å². The summed E-state index contributed by atoms with van der Waals surface area (Å²) in [4.78, 5) is 14.7. The predicted octanol–water partition coefficient (Wildman–Crippen LogP) is 4.29. The van der Waals surface area contributed by atoms with Crippen molar-refractivity contribution in [1.82, 2.24) is 25.3 Å². The summed E-state index contributed by atoms with van der Waals surface area (Å²) in [7, 11) is 0. The van der Waals surface area contributed by atoms with Crippen molar-refractivity contribution in [3.8, 4) is 11.3 Å². The van der Waals surface area contributed by atoms with E-state index in [1.807, 2.05) is 6.92 Å². The van der Waals surface area contributed by atoms with Gasteiger partial charge in [0.05, 0.1) is 17.0 Å². The summed E-state index contributed by atoms with van der Waals surface area (Å²) < 4.78 is 34.1. The summed E-state index contributed by atoms with van der Waals surface area (Å²) in [5.74, 6) is -0.518. The van der Waals surface area contributed by atoms with Crippen LogP contribution in [0.2, 0.25) is 0 Å². The molecule has 0 aliphatic heterocycles. The largest absolute Gasteiger partial charge is 0.417 e. The molecule has 0 N–H and O–H groups in total. The van der Waals surface area contributed by atoms with Crippen molar-refractivity contribution in [1.29, 1.82) is 0 Å². The van der Waals surface area contributed by atoms with Crippen molar-refractivity contribution in [2.45, 2.75) is 45.4 Å². The molecule has 2 heterocycles. The molecule has 0 saturated heterocycles. The zero-order valence-corrected chi connectivity index (χ0v) is 19.0. The standard InChI is InChI=1S/C24H25F2N5O2/c1-5-31(23(32)22-30-27-14(4)33-22)11-24-10-16(13(24)3)12(2)15-9-19(28-29-21(15)24)20-17(25)7-6-8-18(20)26/h6-9,12-13,16H,5,10-11H2,1-4H3/t12-,13?,16?,24+/m1/s1. The maximum Gasteiger partial charge on any atom is 0.311 e. The number of halogens is 2. The third kappa shape index (κ3) is 3.16. The number of likely N-dealkylation sites (N-methyl/N-ethyl adjacent to an activating group) is 1. The van der Waals surface area contributed by atoms with Gasteiger partial charge in [-0.3, -0.25) is 4.79 Å².